The molecule has 3 rings (SSSR count). The first kappa shape index (κ1) is 12.2. The van der Waals surface area contributed by atoms with Gasteiger partial charge < -0.3 is 4.74 Å². The predicted molar refractivity (Wildman–Crippen MR) is 73.3 cm³/mol. The van der Waals surface area contributed by atoms with Crippen molar-refractivity contribution in [2.45, 2.75) is 6.92 Å². The lowest BCUT2D eigenvalue weighted by Crippen LogP contribution is -1.96. The highest BCUT2D eigenvalue weighted by Crippen LogP contribution is 2.20. The van der Waals surface area contributed by atoms with E-state index in [9.17, 15) is 9.59 Å². The third-order valence-corrected chi connectivity index (χ3v) is 3.13. The Hall–Kier alpha value is -2.86. The standard InChI is InChI=1S/C17H10O3/c1-11-4-2-3-5-13(11)8-6-12-7-9-14-15(10-12)17(19)20-16(14)18/h2-5,7,9-10H,1H3. The molecule has 2 aromatic carbocycles. The van der Waals surface area contributed by atoms with Gasteiger partial charge in [0.05, 0.1) is 11.1 Å². The summed E-state index contributed by atoms with van der Waals surface area (Å²) in [4.78, 5) is 22.8. The zero-order valence-corrected chi connectivity index (χ0v) is 10.8. The second-order valence-electron chi connectivity index (χ2n) is 4.50. The van der Waals surface area contributed by atoms with Crippen molar-refractivity contribution in [2.75, 3.05) is 0 Å². The number of carbonyl (C=O) groups excluding carboxylic acids is 2. The summed E-state index contributed by atoms with van der Waals surface area (Å²) < 4.78 is 4.54. The normalized spacial score (nSPS) is 12.4. The zero-order valence-electron chi connectivity index (χ0n) is 10.8. The van der Waals surface area contributed by atoms with Gasteiger partial charge in [-0.2, -0.15) is 0 Å². The fourth-order valence-corrected chi connectivity index (χ4v) is 2.02. The molecule has 2 aromatic rings. The van der Waals surface area contributed by atoms with Crippen molar-refractivity contribution in [1.82, 2.24) is 0 Å². The minimum atomic E-state index is -0.607. The Morgan fingerprint density at radius 3 is 2.45 bits per heavy atom. The number of benzene rings is 2. The summed E-state index contributed by atoms with van der Waals surface area (Å²) in [6.45, 7) is 1.99. The van der Waals surface area contributed by atoms with Crippen LogP contribution in [0.4, 0.5) is 0 Å². The molecule has 0 bridgehead atoms. The van der Waals surface area contributed by atoms with Crippen molar-refractivity contribution in [3.8, 4) is 11.8 Å². The highest BCUT2D eigenvalue weighted by Gasteiger charge is 2.29. The molecule has 3 nitrogen and oxygen atoms in total. The minimum Gasteiger partial charge on any atom is -0.386 e. The van der Waals surface area contributed by atoms with Crippen LogP contribution in [-0.2, 0) is 4.74 Å². The lowest BCUT2D eigenvalue weighted by atomic mass is 10.0. The molecule has 0 spiro atoms. The smallest absolute Gasteiger partial charge is 0.346 e. The summed E-state index contributed by atoms with van der Waals surface area (Å²) in [5, 5.41) is 0. The number of hydrogen-bond donors (Lipinski definition) is 0. The summed E-state index contributed by atoms with van der Waals surface area (Å²) in [5.74, 6) is 4.86. The van der Waals surface area contributed by atoms with Crippen LogP contribution in [0.25, 0.3) is 0 Å². The quantitative estimate of drug-likeness (QED) is 0.416. The van der Waals surface area contributed by atoms with Crippen molar-refractivity contribution in [1.29, 1.82) is 0 Å². The molecule has 0 fully saturated rings. The van der Waals surface area contributed by atoms with Crippen LogP contribution in [0.5, 0.6) is 0 Å². The van der Waals surface area contributed by atoms with Crippen molar-refractivity contribution in [2.24, 2.45) is 0 Å². The van der Waals surface area contributed by atoms with Crippen molar-refractivity contribution >= 4 is 11.9 Å². The molecule has 0 aromatic heterocycles. The highest BCUT2D eigenvalue weighted by atomic mass is 16.6. The van der Waals surface area contributed by atoms with Gasteiger partial charge in [-0.1, -0.05) is 30.0 Å². The van der Waals surface area contributed by atoms with Crippen LogP contribution in [0.1, 0.15) is 37.4 Å². The van der Waals surface area contributed by atoms with E-state index in [2.05, 4.69) is 16.6 Å². The lowest BCUT2D eigenvalue weighted by Gasteiger charge is -1.96. The van der Waals surface area contributed by atoms with E-state index < -0.39 is 11.9 Å². The Kier molecular flexibility index (Phi) is 2.85. The molecule has 0 saturated carbocycles. The van der Waals surface area contributed by atoms with Crippen LogP contribution >= 0.6 is 0 Å². The Balaban J connectivity index is 1.99. The highest BCUT2D eigenvalue weighted by molar-refractivity contribution is 6.14. The molecule has 0 saturated heterocycles. The van der Waals surface area contributed by atoms with Gasteiger partial charge in [0.15, 0.2) is 0 Å². The minimum absolute atomic E-state index is 0.284. The number of fused-ring (bicyclic) bond motifs is 1. The number of esters is 2. The topological polar surface area (TPSA) is 43.4 Å². The molecule has 96 valence electrons. The molecule has 0 radical (unpaired) electrons. The molecule has 0 unspecified atom stereocenters. The zero-order chi connectivity index (χ0) is 14.1. The summed E-state index contributed by atoms with van der Waals surface area (Å²) in [5.41, 5.74) is 3.30. The first-order chi connectivity index (χ1) is 9.65. The molecule has 20 heavy (non-hydrogen) atoms. The molecular formula is C17H10O3. The van der Waals surface area contributed by atoms with E-state index in [4.69, 9.17) is 0 Å². The van der Waals surface area contributed by atoms with Gasteiger partial charge in [0.1, 0.15) is 0 Å². The van der Waals surface area contributed by atoms with Gasteiger partial charge in [-0.15, -0.1) is 0 Å². The number of ether oxygens (including phenoxy) is 1. The van der Waals surface area contributed by atoms with Crippen LogP contribution in [0.3, 0.4) is 0 Å². The van der Waals surface area contributed by atoms with Crippen LogP contribution < -0.4 is 0 Å². The number of rotatable bonds is 0. The average Bonchev–Trinajstić information content (AvgIpc) is 2.73. The second kappa shape index (κ2) is 4.67. The molecule has 3 heteroatoms. The average molecular weight is 262 g/mol. The van der Waals surface area contributed by atoms with Gasteiger partial charge in [0.2, 0.25) is 0 Å². The molecule has 0 amide bonds. The van der Waals surface area contributed by atoms with Crippen LogP contribution in [-0.4, -0.2) is 11.9 Å². The van der Waals surface area contributed by atoms with E-state index in [-0.39, 0.29) is 5.56 Å². The largest absolute Gasteiger partial charge is 0.386 e. The summed E-state index contributed by atoms with van der Waals surface area (Å²) >= 11 is 0. The van der Waals surface area contributed by atoms with Gasteiger partial charge in [-0.25, -0.2) is 9.59 Å². The fraction of sp³-hybridized carbons (Fsp3) is 0.0588. The Morgan fingerprint density at radius 2 is 1.65 bits per heavy atom. The molecular weight excluding hydrogens is 252 g/mol. The third kappa shape index (κ3) is 2.08. The SMILES string of the molecule is Cc1ccccc1C#Cc1ccc2c(c1)C(=O)OC2=O. The Morgan fingerprint density at radius 1 is 0.900 bits per heavy atom. The van der Waals surface area contributed by atoms with Gasteiger partial charge in [-0.3, -0.25) is 0 Å². The molecule has 1 aliphatic heterocycles. The molecule has 0 N–H and O–H groups in total. The van der Waals surface area contributed by atoms with E-state index in [1.54, 1.807) is 18.2 Å². The van der Waals surface area contributed by atoms with E-state index in [1.165, 1.54) is 0 Å². The van der Waals surface area contributed by atoms with Gasteiger partial charge in [0, 0.05) is 11.1 Å². The van der Waals surface area contributed by atoms with E-state index in [0.29, 0.717) is 11.1 Å². The van der Waals surface area contributed by atoms with Crippen molar-refractivity contribution < 1.29 is 14.3 Å². The predicted octanol–water partition coefficient (Wildman–Crippen LogP) is 2.71. The number of carbonyl (C=O) groups is 2. The van der Waals surface area contributed by atoms with Crippen LogP contribution in [0.15, 0.2) is 42.5 Å². The first-order valence-corrected chi connectivity index (χ1v) is 6.13. The van der Waals surface area contributed by atoms with Crippen molar-refractivity contribution in [3.05, 3.63) is 70.3 Å². The Labute approximate surface area is 116 Å². The maximum atomic E-state index is 11.5. The number of cyclic esters (lactones) is 2. The Bertz CT molecular complexity index is 791. The summed E-state index contributed by atoms with van der Waals surface area (Å²) in [6.07, 6.45) is 0. The summed E-state index contributed by atoms with van der Waals surface area (Å²) in [6, 6.07) is 12.7. The molecule has 1 aliphatic rings. The van der Waals surface area contributed by atoms with Crippen molar-refractivity contribution in [3.63, 3.8) is 0 Å². The van der Waals surface area contributed by atoms with Gasteiger partial charge in [0.25, 0.3) is 0 Å². The maximum absolute atomic E-state index is 11.5. The van der Waals surface area contributed by atoms with E-state index >= 15 is 0 Å². The number of aryl methyl sites for hydroxylation is 1. The van der Waals surface area contributed by atoms with E-state index in [0.717, 1.165) is 11.1 Å². The lowest BCUT2D eigenvalue weighted by molar-refractivity contribution is 0.0444. The van der Waals surface area contributed by atoms with Crippen LogP contribution in [0.2, 0.25) is 0 Å². The third-order valence-electron chi connectivity index (χ3n) is 3.13. The number of hydrogen-bond acceptors (Lipinski definition) is 3. The van der Waals surface area contributed by atoms with Gasteiger partial charge >= 0.3 is 11.9 Å². The monoisotopic (exact) mass is 262 g/mol. The van der Waals surface area contributed by atoms with E-state index in [1.807, 2.05) is 31.2 Å². The first-order valence-electron chi connectivity index (χ1n) is 6.13. The maximum Gasteiger partial charge on any atom is 0.346 e. The van der Waals surface area contributed by atoms with Gasteiger partial charge in [-0.05, 0) is 36.8 Å². The molecule has 0 aliphatic carbocycles. The fourth-order valence-electron chi connectivity index (χ4n) is 2.02. The summed E-state index contributed by atoms with van der Waals surface area (Å²) in [7, 11) is 0. The molecule has 1 heterocycles. The second-order valence-corrected chi connectivity index (χ2v) is 4.50. The molecule has 0 atom stereocenters. The van der Waals surface area contributed by atoms with Crippen LogP contribution in [0, 0.1) is 18.8 Å².